The Labute approximate surface area is 109 Å². The molecule has 1 aromatic rings. The Morgan fingerprint density at radius 3 is 2.89 bits per heavy atom. The van der Waals surface area contributed by atoms with Crippen LogP contribution in [0.2, 0.25) is 0 Å². The van der Waals surface area contributed by atoms with Gasteiger partial charge in [0.2, 0.25) is 0 Å². The fraction of sp³-hybridized carbons (Fsp3) is 0.800. The minimum atomic E-state index is 0.669. The van der Waals surface area contributed by atoms with Crippen LogP contribution < -0.4 is 5.32 Å². The van der Waals surface area contributed by atoms with Gasteiger partial charge in [-0.2, -0.15) is 0 Å². The predicted octanol–water partition coefficient (Wildman–Crippen LogP) is 2.77. The number of aromatic nitrogens is 2. The van der Waals surface area contributed by atoms with E-state index in [0.717, 1.165) is 24.9 Å². The van der Waals surface area contributed by atoms with E-state index in [2.05, 4.69) is 16.8 Å². The molecule has 1 unspecified atom stereocenters. The normalized spacial score (nSPS) is 24.9. The summed E-state index contributed by atoms with van der Waals surface area (Å²) >= 11 is 0. The van der Waals surface area contributed by atoms with E-state index in [-0.39, 0.29) is 0 Å². The van der Waals surface area contributed by atoms with Gasteiger partial charge < -0.3 is 9.88 Å². The predicted molar refractivity (Wildman–Crippen MR) is 71.7 cm³/mol. The highest BCUT2D eigenvalue weighted by molar-refractivity contribution is 5.25. The third kappa shape index (κ3) is 1.89. The Kier molecular flexibility index (Phi) is 2.51. The average Bonchev–Trinajstić information content (AvgIpc) is 3.27. The Morgan fingerprint density at radius 1 is 1.33 bits per heavy atom. The van der Waals surface area contributed by atoms with Crippen molar-refractivity contribution in [3.63, 3.8) is 0 Å². The van der Waals surface area contributed by atoms with Gasteiger partial charge in [-0.15, -0.1) is 0 Å². The molecule has 98 valence electrons. The zero-order chi connectivity index (χ0) is 12.1. The zero-order valence-electron chi connectivity index (χ0n) is 11.3. The van der Waals surface area contributed by atoms with Crippen LogP contribution in [0.25, 0.3) is 0 Å². The molecule has 0 bridgehead atoms. The number of nitrogens with zero attached hydrogens (tertiary/aromatic N) is 2. The van der Waals surface area contributed by atoms with Crippen LogP contribution >= 0.6 is 0 Å². The molecule has 0 amide bonds. The van der Waals surface area contributed by atoms with Crippen molar-refractivity contribution < 1.29 is 0 Å². The molecule has 4 rings (SSSR count). The van der Waals surface area contributed by atoms with Gasteiger partial charge in [0, 0.05) is 37.2 Å². The first-order chi connectivity index (χ1) is 8.83. The maximum atomic E-state index is 4.96. The molecule has 3 heteroatoms. The fourth-order valence-corrected chi connectivity index (χ4v) is 3.42. The van der Waals surface area contributed by atoms with E-state index in [1.807, 2.05) is 0 Å². The molecular formula is C15H23N3. The van der Waals surface area contributed by atoms with Gasteiger partial charge in [-0.25, -0.2) is 4.98 Å². The molecule has 0 spiro atoms. The maximum absolute atomic E-state index is 4.96. The number of fused-ring (bicyclic) bond motifs is 1. The second-order valence-electron chi connectivity index (χ2n) is 6.46. The van der Waals surface area contributed by atoms with Gasteiger partial charge >= 0.3 is 0 Å². The number of rotatable bonds is 4. The van der Waals surface area contributed by atoms with Gasteiger partial charge in [-0.3, -0.25) is 0 Å². The van der Waals surface area contributed by atoms with E-state index in [1.165, 1.54) is 50.0 Å². The van der Waals surface area contributed by atoms with Gasteiger partial charge in [0.1, 0.15) is 5.82 Å². The summed E-state index contributed by atoms with van der Waals surface area (Å²) in [6.45, 7) is 4.52. The second kappa shape index (κ2) is 4.09. The lowest BCUT2D eigenvalue weighted by molar-refractivity contribution is 0.443. The molecular weight excluding hydrogens is 222 g/mol. The summed E-state index contributed by atoms with van der Waals surface area (Å²) in [5.41, 5.74) is 2.88. The monoisotopic (exact) mass is 245 g/mol. The lowest BCUT2D eigenvalue weighted by Gasteiger charge is -2.22. The first-order valence-corrected chi connectivity index (χ1v) is 7.63. The molecule has 2 heterocycles. The van der Waals surface area contributed by atoms with E-state index >= 15 is 0 Å². The van der Waals surface area contributed by atoms with Crippen LogP contribution in [0.5, 0.6) is 0 Å². The third-order valence-corrected chi connectivity index (χ3v) is 4.71. The number of hydrogen-bond acceptors (Lipinski definition) is 2. The molecule has 2 fully saturated rings. The molecule has 2 saturated carbocycles. The van der Waals surface area contributed by atoms with Crippen molar-refractivity contribution in [1.82, 2.24) is 14.9 Å². The van der Waals surface area contributed by atoms with Crippen molar-refractivity contribution in [3.8, 4) is 0 Å². The smallest absolute Gasteiger partial charge is 0.112 e. The van der Waals surface area contributed by atoms with Crippen LogP contribution in [0.3, 0.4) is 0 Å². The standard InChI is InChI=1S/C15H23N3/c1-10(8-11-2-3-11)18-14-6-7-16-9-13(14)17-15(18)12-4-5-12/h10-12,16H,2-9H2,1H3. The van der Waals surface area contributed by atoms with Gasteiger partial charge in [0.15, 0.2) is 0 Å². The number of nitrogens with one attached hydrogen (secondary N) is 1. The highest BCUT2D eigenvalue weighted by Gasteiger charge is 2.34. The van der Waals surface area contributed by atoms with Crippen molar-refractivity contribution >= 4 is 0 Å². The van der Waals surface area contributed by atoms with Crippen molar-refractivity contribution in [2.75, 3.05) is 6.54 Å². The Balaban J connectivity index is 1.70. The van der Waals surface area contributed by atoms with Gasteiger partial charge in [-0.1, -0.05) is 12.8 Å². The van der Waals surface area contributed by atoms with Crippen LogP contribution in [0.15, 0.2) is 0 Å². The SMILES string of the molecule is CC(CC1CC1)n1c(C2CC2)nc2c1CCNC2. The van der Waals surface area contributed by atoms with E-state index in [0.29, 0.717) is 6.04 Å². The summed E-state index contributed by atoms with van der Waals surface area (Å²) in [5, 5.41) is 3.46. The highest BCUT2D eigenvalue weighted by Crippen LogP contribution is 2.44. The van der Waals surface area contributed by atoms with Crippen LogP contribution in [-0.4, -0.2) is 16.1 Å². The second-order valence-corrected chi connectivity index (χ2v) is 6.46. The lowest BCUT2D eigenvalue weighted by Crippen LogP contribution is -2.25. The Morgan fingerprint density at radius 2 is 2.17 bits per heavy atom. The number of hydrogen-bond donors (Lipinski definition) is 1. The van der Waals surface area contributed by atoms with Crippen LogP contribution in [0.4, 0.5) is 0 Å². The minimum Gasteiger partial charge on any atom is -0.329 e. The lowest BCUT2D eigenvalue weighted by atomic mass is 10.1. The van der Waals surface area contributed by atoms with Crippen molar-refractivity contribution in [3.05, 3.63) is 17.2 Å². The molecule has 0 radical (unpaired) electrons. The van der Waals surface area contributed by atoms with Gasteiger partial charge in [0.05, 0.1) is 5.69 Å². The van der Waals surface area contributed by atoms with Crippen molar-refractivity contribution in [2.45, 2.75) is 64.0 Å². The molecule has 3 aliphatic rings. The molecule has 1 aliphatic heterocycles. The quantitative estimate of drug-likeness (QED) is 0.884. The first-order valence-electron chi connectivity index (χ1n) is 7.63. The molecule has 1 N–H and O–H groups in total. The van der Waals surface area contributed by atoms with Crippen molar-refractivity contribution in [2.24, 2.45) is 5.92 Å². The van der Waals surface area contributed by atoms with Gasteiger partial charge in [0.25, 0.3) is 0 Å². The summed E-state index contributed by atoms with van der Waals surface area (Å²) in [6.07, 6.45) is 8.18. The minimum absolute atomic E-state index is 0.669. The Hall–Kier alpha value is -0.830. The van der Waals surface area contributed by atoms with Crippen LogP contribution in [0.1, 0.15) is 68.2 Å². The molecule has 3 nitrogen and oxygen atoms in total. The van der Waals surface area contributed by atoms with Crippen molar-refractivity contribution in [1.29, 1.82) is 0 Å². The Bertz CT molecular complexity index is 455. The largest absolute Gasteiger partial charge is 0.329 e. The van der Waals surface area contributed by atoms with Crippen LogP contribution in [-0.2, 0) is 13.0 Å². The van der Waals surface area contributed by atoms with E-state index in [9.17, 15) is 0 Å². The first kappa shape index (κ1) is 11.0. The fourth-order valence-electron chi connectivity index (χ4n) is 3.42. The zero-order valence-corrected chi connectivity index (χ0v) is 11.3. The average molecular weight is 245 g/mol. The summed E-state index contributed by atoms with van der Waals surface area (Å²) in [6, 6.07) is 0.669. The third-order valence-electron chi connectivity index (χ3n) is 4.71. The van der Waals surface area contributed by atoms with E-state index in [4.69, 9.17) is 4.98 Å². The topological polar surface area (TPSA) is 29.9 Å². The summed E-state index contributed by atoms with van der Waals surface area (Å²) in [7, 11) is 0. The summed E-state index contributed by atoms with van der Waals surface area (Å²) in [4.78, 5) is 4.96. The molecule has 1 aromatic heterocycles. The maximum Gasteiger partial charge on any atom is 0.112 e. The molecule has 0 saturated heterocycles. The molecule has 18 heavy (non-hydrogen) atoms. The van der Waals surface area contributed by atoms with E-state index in [1.54, 1.807) is 5.69 Å². The summed E-state index contributed by atoms with van der Waals surface area (Å²) < 4.78 is 2.63. The number of imidazole rings is 1. The molecule has 1 atom stereocenters. The van der Waals surface area contributed by atoms with Crippen LogP contribution in [0, 0.1) is 5.92 Å². The summed E-state index contributed by atoms with van der Waals surface area (Å²) in [5.74, 6) is 3.20. The van der Waals surface area contributed by atoms with E-state index < -0.39 is 0 Å². The van der Waals surface area contributed by atoms with Gasteiger partial charge in [-0.05, 0) is 32.1 Å². The highest BCUT2D eigenvalue weighted by atomic mass is 15.1. The molecule has 2 aliphatic carbocycles. The molecule has 0 aromatic carbocycles.